The number of hydrogen-bond acceptors (Lipinski definition) is 4. The van der Waals surface area contributed by atoms with Gasteiger partial charge >= 0.3 is 0 Å². The van der Waals surface area contributed by atoms with Crippen molar-refractivity contribution in [3.63, 3.8) is 0 Å². The van der Waals surface area contributed by atoms with Crippen molar-refractivity contribution in [1.82, 2.24) is 16.2 Å². The topological polar surface area (TPSA) is 62.4 Å². The molecule has 1 saturated heterocycles. The Labute approximate surface area is 159 Å². The fourth-order valence-electron chi connectivity index (χ4n) is 2.99. The minimum Gasteiger partial charge on any atom is -0.494 e. The van der Waals surface area contributed by atoms with E-state index in [-0.39, 0.29) is 23.8 Å². The zero-order valence-corrected chi connectivity index (χ0v) is 15.5. The summed E-state index contributed by atoms with van der Waals surface area (Å²) in [5, 5.41) is 2.89. The van der Waals surface area contributed by atoms with E-state index in [2.05, 4.69) is 23.1 Å². The van der Waals surface area contributed by atoms with Crippen LogP contribution in [0.2, 0.25) is 0 Å². The van der Waals surface area contributed by atoms with Crippen LogP contribution in [0.1, 0.15) is 43.4 Å². The highest BCUT2D eigenvalue weighted by Gasteiger charge is 2.29. The van der Waals surface area contributed by atoms with E-state index in [0.717, 1.165) is 36.3 Å². The SMILES string of the molecule is CCCCOc1ccc(C2CC(C(=O)NCc3ccc(F)cc3)NN2)cc1. The molecule has 1 amide bonds. The first-order chi connectivity index (χ1) is 13.2. The fraction of sp³-hybridized carbons (Fsp3) is 0.381. The van der Waals surface area contributed by atoms with Gasteiger partial charge in [-0.15, -0.1) is 0 Å². The molecule has 144 valence electrons. The molecule has 0 radical (unpaired) electrons. The summed E-state index contributed by atoms with van der Waals surface area (Å²) < 4.78 is 18.6. The Kier molecular flexibility index (Phi) is 6.79. The van der Waals surface area contributed by atoms with Crippen LogP contribution in [0.5, 0.6) is 5.75 Å². The molecular formula is C21H26FN3O2. The molecule has 0 spiro atoms. The zero-order chi connectivity index (χ0) is 19.1. The van der Waals surface area contributed by atoms with E-state index in [9.17, 15) is 9.18 Å². The second-order valence-electron chi connectivity index (χ2n) is 6.74. The normalized spacial score (nSPS) is 19.0. The van der Waals surface area contributed by atoms with E-state index in [1.54, 1.807) is 12.1 Å². The second kappa shape index (κ2) is 9.48. The standard InChI is InChI=1S/C21H26FN3O2/c1-2-3-12-27-18-10-6-16(7-11-18)19-13-20(25-24-19)21(26)23-14-15-4-8-17(22)9-5-15/h4-11,19-20,24-25H,2-3,12-14H2,1H3,(H,23,26). The number of hydrogen-bond donors (Lipinski definition) is 3. The number of carbonyl (C=O) groups excluding carboxylic acids is 1. The lowest BCUT2D eigenvalue weighted by Crippen LogP contribution is -2.42. The van der Waals surface area contributed by atoms with E-state index in [0.29, 0.717) is 13.0 Å². The van der Waals surface area contributed by atoms with Crippen molar-refractivity contribution in [1.29, 1.82) is 0 Å². The third-order valence-electron chi connectivity index (χ3n) is 4.65. The summed E-state index contributed by atoms with van der Waals surface area (Å²) in [4.78, 5) is 12.4. The van der Waals surface area contributed by atoms with Crippen molar-refractivity contribution in [3.05, 3.63) is 65.5 Å². The first-order valence-electron chi connectivity index (χ1n) is 9.41. The van der Waals surface area contributed by atoms with E-state index in [1.165, 1.54) is 12.1 Å². The maximum absolute atomic E-state index is 12.9. The predicted octanol–water partition coefficient (Wildman–Crippen LogP) is 3.23. The maximum Gasteiger partial charge on any atom is 0.238 e. The molecule has 3 rings (SSSR count). The summed E-state index contributed by atoms with van der Waals surface area (Å²) in [6.45, 7) is 3.25. The number of nitrogens with one attached hydrogen (secondary N) is 3. The molecule has 1 fully saturated rings. The van der Waals surface area contributed by atoms with Crippen molar-refractivity contribution in [3.8, 4) is 5.75 Å². The summed E-state index contributed by atoms with van der Waals surface area (Å²) in [5.74, 6) is 0.511. The van der Waals surface area contributed by atoms with Crippen LogP contribution in [0.15, 0.2) is 48.5 Å². The molecule has 3 N–H and O–H groups in total. The average molecular weight is 371 g/mol. The smallest absolute Gasteiger partial charge is 0.238 e. The summed E-state index contributed by atoms with van der Waals surface area (Å²) >= 11 is 0. The van der Waals surface area contributed by atoms with Gasteiger partial charge in [-0.3, -0.25) is 4.79 Å². The lowest BCUT2D eigenvalue weighted by atomic mass is 10.0. The van der Waals surface area contributed by atoms with Crippen LogP contribution in [0.25, 0.3) is 0 Å². The third-order valence-corrected chi connectivity index (χ3v) is 4.65. The molecule has 2 aromatic rings. The van der Waals surface area contributed by atoms with Gasteiger partial charge in [0.05, 0.1) is 6.61 Å². The van der Waals surface area contributed by atoms with Gasteiger partial charge in [0, 0.05) is 12.6 Å². The molecule has 0 aromatic heterocycles. The molecule has 6 heteroatoms. The average Bonchev–Trinajstić information content (AvgIpc) is 3.18. The molecule has 0 bridgehead atoms. The molecule has 2 aromatic carbocycles. The number of halogens is 1. The Morgan fingerprint density at radius 3 is 2.59 bits per heavy atom. The van der Waals surface area contributed by atoms with Crippen LogP contribution in [0, 0.1) is 5.82 Å². The van der Waals surface area contributed by atoms with Crippen LogP contribution in [-0.2, 0) is 11.3 Å². The highest BCUT2D eigenvalue weighted by atomic mass is 19.1. The summed E-state index contributed by atoms with van der Waals surface area (Å²) in [7, 11) is 0. The molecular weight excluding hydrogens is 345 g/mol. The number of unbranched alkanes of at least 4 members (excludes halogenated alkanes) is 1. The maximum atomic E-state index is 12.9. The number of carbonyl (C=O) groups is 1. The van der Waals surface area contributed by atoms with E-state index < -0.39 is 0 Å². The first kappa shape index (κ1) is 19.3. The van der Waals surface area contributed by atoms with Crippen LogP contribution in [0.4, 0.5) is 4.39 Å². The second-order valence-corrected chi connectivity index (χ2v) is 6.74. The minimum absolute atomic E-state index is 0.0660. The predicted molar refractivity (Wildman–Crippen MR) is 103 cm³/mol. The summed E-state index contributed by atoms with van der Waals surface area (Å²) in [6, 6.07) is 13.9. The number of ether oxygens (including phenoxy) is 1. The monoisotopic (exact) mass is 371 g/mol. The van der Waals surface area contributed by atoms with Gasteiger partial charge < -0.3 is 10.1 Å². The minimum atomic E-state index is -0.309. The van der Waals surface area contributed by atoms with Gasteiger partial charge in [-0.2, -0.15) is 0 Å². The Hall–Kier alpha value is -2.44. The highest BCUT2D eigenvalue weighted by Crippen LogP contribution is 2.24. The van der Waals surface area contributed by atoms with Crippen molar-refractivity contribution in [2.24, 2.45) is 0 Å². The Bertz CT molecular complexity index is 734. The van der Waals surface area contributed by atoms with E-state index in [4.69, 9.17) is 4.74 Å². The Balaban J connectivity index is 1.47. The fourth-order valence-corrected chi connectivity index (χ4v) is 2.99. The van der Waals surface area contributed by atoms with E-state index in [1.807, 2.05) is 24.3 Å². The molecule has 0 aliphatic carbocycles. The number of benzene rings is 2. The van der Waals surface area contributed by atoms with Crippen LogP contribution >= 0.6 is 0 Å². The third kappa shape index (κ3) is 5.52. The largest absolute Gasteiger partial charge is 0.494 e. The number of rotatable bonds is 8. The van der Waals surface area contributed by atoms with Gasteiger partial charge in [-0.1, -0.05) is 37.6 Å². The summed E-state index contributed by atoms with van der Waals surface area (Å²) in [5.41, 5.74) is 8.21. The van der Waals surface area contributed by atoms with Gasteiger partial charge in [0.25, 0.3) is 0 Å². The molecule has 2 atom stereocenters. The van der Waals surface area contributed by atoms with Crippen LogP contribution < -0.4 is 20.9 Å². The lowest BCUT2D eigenvalue weighted by Gasteiger charge is -2.12. The van der Waals surface area contributed by atoms with Gasteiger partial charge in [0.2, 0.25) is 5.91 Å². The molecule has 1 heterocycles. The van der Waals surface area contributed by atoms with Crippen molar-refractivity contribution < 1.29 is 13.9 Å². The first-order valence-corrected chi connectivity index (χ1v) is 9.41. The number of amides is 1. The molecule has 2 unspecified atom stereocenters. The Morgan fingerprint density at radius 2 is 1.89 bits per heavy atom. The molecule has 27 heavy (non-hydrogen) atoms. The molecule has 1 aliphatic rings. The van der Waals surface area contributed by atoms with Crippen molar-refractivity contribution >= 4 is 5.91 Å². The van der Waals surface area contributed by atoms with Crippen LogP contribution in [0.3, 0.4) is 0 Å². The zero-order valence-electron chi connectivity index (χ0n) is 15.5. The quantitative estimate of drug-likeness (QED) is 0.624. The number of hydrazine groups is 1. The highest BCUT2D eigenvalue weighted by molar-refractivity contribution is 5.82. The molecule has 0 saturated carbocycles. The van der Waals surface area contributed by atoms with Crippen molar-refractivity contribution in [2.45, 2.75) is 44.8 Å². The lowest BCUT2D eigenvalue weighted by molar-refractivity contribution is -0.123. The van der Waals surface area contributed by atoms with Crippen molar-refractivity contribution in [2.75, 3.05) is 6.61 Å². The van der Waals surface area contributed by atoms with Gasteiger partial charge in [-0.25, -0.2) is 15.2 Å². The van der Waals surface area contributed by atoms with Gasteiger partial charge in [0.15, 0.2) is 0 Å². The van der Waals surface area contributed by atoms with Crippen LogP contribution in [-0.4, -0.2) is 18.6 Å². The van der Waals surface area contributed by atoms with Gasteiger partial charge in [-0.05, 0) is 48.2 Å². The van der Waals surface area contributed by atoms with Gasteiger partial charge in [0.1, 0.15) is 17.6 Å². The molecule has 1 aliphatic heterocycles. The van der Waals surface area contributed by atoms with E-state index >= 15 is 0 Å². The molecule has 5 nitrogen and oxygen atoms in total. The Morgan fingerprint density at radius 1 is 1.15 bits per heavy atom. The summed E-state index contributed by atoms with van der Waals surface area (Å²) in [6.07, 6.45) is 2.82.